The van der Waals surface area contributed by atoms with Gasteiger partial charge in [0.05, 0.1) is 23.9 Å². The molecule has 0 spiro atoms. The van der Waals surface area contributed by atoms with Crippen LogP contribution in [0.4, 0.5) is 0 Å². The number of sulfone groups is 1. The molecule has 0 amide bonds. The van der Waals surface area contributed by atoms with Gasteiger partial charge in [-0.15, -0.1) is 0 Å². The molecule has 1 fully saturated rings. The normalized spacial score (nSPS) is 20.0. The molecule has 0 aromatic heterocycles. The maximum Gasteiger partial charge on any atom is 0.178 e. The molecule has 0 atom stereocenters. The molecule has 1 saturated heterocycles. The van der Waals surface area contributed by atoms with Crippen LogP contribution in [0.25, 0.3) is 0 Å². The molecule has 1 heterocycles. The van der Waals surface area contributed by atoms with Crippen molar-refractivity contribution in [2.45, 2.75) is 43.3 Å². The van der Waals surface area contributed by atoms with E-state index in [4.69, 9.17) is 9.47 Å². The van der Waals surface area contributed by atoms with E-state index in [1.807, 2.05) is 12.1 Å². The fourth-order valence-corrected chi connectivity index (χ4v) is 4.15. The molecular weight excluding hydrogens is 276 g/mol. The molecule has 0 saturated carbocycles. The summed E-state index contributed by atoms with van der Waals surface area (Å²) in [5.74, 6) is 0.0798. The van der Waals surface area contributed by atoms with Crippen LogP contribution in [0.1, 0.15) is 30.4 Å². The second-order valence-corrected chi connectivity index (χ2v) is 7.53. The Morgan fingerprint density at radius 1 is 1.05 bits per heavy atom. The highest BCUT2D eigenvalue weighted by Gasteiger charge is 2.22. The Morgan fingerprint density at radius 2 is 1.80 bits per heavy atom. The Bertz CT molecular complexity index is 574. The van der Waals surface area contributed by atoms with Gasteiger partial charge in [0.15, 0.2) is 16.1 Å². The molecule has 0 unspecified atom stereocenters. The van der Waals surface area contributed by atoms with Crippen LogP contribution in [-0.4, -0.2) is 33.7 Å². The van der Waals surface area contributed by atoms with E-state index >= 15 is 0 Å². The van der Waals surface area contributed by atoms with Crippen LogP contribution < -0.4 is 0 Å². The minimum Gasteiger partial charge on any atom is -0.353 e. The van der Waals surface area contributed by atoms with Gasteiger partial charge in [-0.1, -0.05) is 6.07 Å². The highest BCUT2D eigenvalue weighted by atomic mass is 32.2. The zero-order chi connectivity index (χ0) is 14.0. The first-order valence-electron chi connectivity index (χ1n) is 7.23. The van der Waals surface area contributed by atoms with Crippen LogP contribution in [0.5, 0.6) is 0 Å². The largest absolute Gasteiger partial charge is 0.353 e. The van der Waals surface area contributed by atoms with Crippen molar-refractivity contribution >= 4 is 9.84 Å². The van der Waals surface area contributed by atoms with Gasteiger partial charge in [-0.2, -0.15) is 0 Å². The SMILES string of the molecule is O=S(=O)(CCC1OCCCO1)c1ccc2c(c1)CCC2. The fraction of sp³-hybridized carbons (Fsp3) is 0.600. The monoisotopic (exact) mass is 296 g/mol. The van der Waals surface area contributed by atoms with E-state index in [0.717, 1.165) is 25.7 Å². The summed E-state index contributed by atoms with van der Waals surface area (Å²) in [4.78, 5) is 0.439. The highest BCUT2D eigenvalue weighted by Crippen LogP contribution is 2.25. The topological polar surface area (TPSA) is 52.6 Å². The van der Waals surface area contributed by atoms with Crippen molar-refractivity contribution in [3.8, 4) is 0 Å². The summed E-state index contributed by atoms with van der Waals surface area (Å²) in [7, 11) is -3.24. The number of benzene rings is 1. The zero-order valence-corrected chi connectivity index (χ0v) is 12.3. The molecule has 20 heavy (non-hydrogen) atoms. The van der Waals surface area contributed by atoms with Gasteiger partial charge in [0.2, 0.25) is 0 Å². The molecule has 4 nitrogen and oxygen atoms in total. The van der Waals surface area contributed by atoms with Crippen LogP contribution in [0, 0.1) is 0 Å². The molecule has 0 N–H and O–H groups in total. The molecule has 1 aliphatic heterocycles. The smallest absolute Gasteiger partial charge is 0.178 e. The van der Waals surface area contributed by atoms with E-state index < -0.39 is 9.84 Å². The molecule has 0 radical (unpaired) electrons. The first kappa shape index (κ1) is 14.0. The summed E-state index contributed by atoms with van der Waals surface area (Å²) in [6.45, 7) is 1.31. The lowest BCUT2D eigenvalue weighted by molar-refractivity contribution is -0.178. The van der Waals surface area contributed by atoms with E-state index in [9.17, 15) is 8.42 Å². The fourth-order valence-electron chi connectivity index (χ4n) is 2.81. The lowest BCUT2D eigenvalue weighted by Gasteiger charge is -2.23. The van der Waals surface area contributed by atoms with Crippen molar-refractivity contribution < 1.29 is 17.9 Å². The Labute approximate surface area is 120 Å². The van der Waals surface area contributed by atoms with E-state index in [0.29, 0.717) is 24.5 Å². The number of ether oxygens (including phenoxy) is 2. The van der Waals surface area contributed by atoms with Gasteiger partial charge in [-0.3, -0.25) is 0 Å². The average molecular weight is 296 g/mol. The second kappa shape index (κ2) is 5.84. The number of hydrogen-bond donors (Lipinski definition) is 0. The highest BCUT2D eigenvalue weighted by molar-refractivity contribution is 7.91. The lowest BCUT2D eigenvalue weighted by Crippen LogP contribution is -2.27. The maximum atomic E-state index is 12.4. The Kier molecular flexibility index (Phi) is 4.10. The number of rotatable bonds is 4. The molecule has 1 aromatic carbocycles. The Morgan fingerprint density at radius 3 is 2.60 bits per heavy atom. The lowest BCUT2D eigenvalue weighted by atomic mass is 10.1. The molecule has 1 aliphatic carbocycles. The van der Waals surface area contributed by atoms with Crippen LogP contribution in [-0.2, 0) is 32.2 Å². The number of hydrogen-bond acceptors (Lipinski definition) is 4. The van der Waals surface area contributed by atoms with Crippen molar-refractivity contribution in [3.05, 3.63) is 29.3 Å². The van der Waals surface area contributed by atoms with Gasteiger partial charge in [-0.05, 0) is 48.9 Å². The summed E-state index contributed by atoms with van der Waals surface area (Å²) in [5, 5.41) is 0. The minimum atomic E-state index is -3.24. The molecule has 5 heteroatoms. The van der Waals surface area contributed by atoms with Crippen LogP contribution in [0.15, 0.2) is 23.1 Å². The molecule has 110 valence electrons. The van der Waals surface area contributed by atoms with Crippen molar-refractivity contribution in [2.24, 2.45) is 0 Å². The summed E-state index contributed by atoms with van der Waals surface area (Å²) < 4.78 is 35.5. The predicted octanol–water partition coefficient (Wildman–Crippen LogP) is 2.10. The summed E-state index contributed by atoms with van der Waals surface area (Å²) in [5.41, 5.74) is 2.49. The third-order valence-corrected chi connectivity index (χ3v) is 5.69. The molecule has 0 bridgehead atoms. The Hall–Kier alpha value is -0.910. The van der Waals surface area contributed by atoms with E-state index in [-0.39, 0.29) is 12.0 Å². The molecule has 2 aliphatic rings. The van der Waals surface area contributed by atoms with Gasteiger partial charge in [0.1, 0.15) is 0 Å². The van der Waals surface area contributed by atoms with Gasteiger partial charge in [0, 0.05) is 6.42 Å². The summed E-state index contributed by atoms with van der Waals surface area (Å²) in [6.07, 6.45) is 4.11. The van der Waals surface area contributed by atoms with E-state index in [1.165, 1.54) is 11.1 Å². The van der Waals surface area contributed by atoms with Gasteiger partial charge in [-0.25, -0.2) is 8.42 Å². The van der Waals surface area contributed by atoms with Gasteiger partial charge in [0.25, 0.3) is 0 Å². The van der Waals surface area contributed by atoms with Crippen molar-refractivity contribution in [1.82, 2.24) is 0 Å². The van der Waals surface area contributed by atoms with Gasteiger partial charge >= 0.3 is 0 Å². The minimum absolute atomic E-state index is 0.0798. The molecule has 3 rings (SSSR count). The van der Waals surface area contributed by atoms with Crippen LogP contribution in [0.2, 0.25) is 0 Å². The van der Waals surface area contributed by atoms with Gasteiger partial charge < -0.3 is 9.47 Å². The third-order valence-electron chi connectivity index (χ3n) is 3.95. The number of aryl methyl sites for hydroxylation is 2. The van der Waals surface area contributed by atoms with Crippen LogP contribution >= 0.6 is 0 Å². The quantitative estimate of drug-likeness (QED) is 0.854. The standard InChI is InChI=1S/C15H20O4S/c16-20(17,10-7-15-18-8-2-9-19-15)14-6-5-12-3-1-4-13(12)11-14/h5-6,11,15H,1-4,7-10H2. The third kappa shape index (κ3) is 3.05. The van der Waals surface area contributed by atoms with E-state index in [2.05, 4.69) is 0 Å². The Balaban J connectivity index is 1.68. The maximum absolute atomic E-state index is 12.4. The number of fused-ring (bicyclic) bond motifs is 1. The first-order valence-corrected chi connectivity index (χ1v) is 8.88. The predicted molar refractivity (Wildman–Crippen MR) is 75.4 cm³/mol. The first-order chi connectivity index (χ1) is 9.65. The van der Waals surface area contributed by atoms with Crippen LogP contribution in [0.3, 0.4) is 0 Å². The second-order valence-electron chi connectivity index (χ2n) is 5.42. The van der Waals surface area contributed by atoms with Crippen molar-refractivity contribution in [2.75, 3.05) is 19.0 Å². The summed E-state index contributed by atoms with van der Waals surface area (Å²) >= 11 is 0. The zero-order valence-electron chi connectivity index (χ0n) is 11.5. The molecule has 1 aromatic rings. The van der Waals surface area contributed by atoms with E-state index in [1.54, 1.807) is 6.07 Å². The van der Waals surface area contributed by atoms with Crippen molar-refractivity contribution in [1.29, 1.82) is 0 Å². The van der Waals surface area contributed by atoms with Crippen molar-refractivity contribution in [3.63, 3.8) is 0 Å². The summed E-state index contributed by atoms with van der Waals surface area (Å²) in [6, 6.07) is 5.55. The molecular formula is C15H20O4S. The average Bonchev–Trinajstić information content (AvgIpc) is 2.94.